The molecule has 5 heteroatoms. The third-order valence-electron chi connectivity index (χ3n) is 2.85. The van der Waals surface area contributed by atoms with Crippen molar-refractivity contribution in [1.29, 1.82) is 0 Å². The second-order valence-corrected chi connectivity index (χ2v) is 6.23. The Morgan fingerprint density at radius 1 is 1.29 bits per heavy atom. The van der Waals surface area contributed by atoms with Crippen molar-refractivity contribution in [3.8, 4) is 0 Å². The summed E-state index contributed by atoms with van der Waals surface area (Å²) in [7, 11) is -1.83. The van der Waals surface area contributed by atoms with E-state index in [0.717, 1.165) is 12.0 Å². The van der Waals surface area contributed by atoms with Crippen molar-refractivity contribution in [2.75, 3.05) is 19.3 Å². The number of nitrogen functional groups attached to an aromatic ring is 1. The molecule has 0 saturated carbocycles. The van der Waals surface area contributed by atoms with Crippen LogP contribution in [0.4, 0.5) is 5.69 Å². The molecule has 0 heterocycles. The van der Waals surface area contributed by atoms with Gasteiger partial charge < -0.3 is 5.73 Å². The minimum Gasteiger partial charge on any atom is -0.398 e. The number of hydrogen-bond acceptors (Lipinski definition) is 3. The Hall–Kier alpha value is -1.07. The van der Waals surface area contributed by atoms with Gasteiger partial charge in [0.05, 0.1) is 4.90 Å². The molecule has 0 aliphatic heterocycles. The maximum atomic E-state index is 12.4. The summed E-state index contributed by atoms with van der Waals surface area (Å²) in [5.41, 5.74) is 7.66. The van der Waals surface area contributed by atoms with Gasteiger partial charge in [-0.2, -0.15) is 0 Å². The van der Waals surface area contributed by atoms with Crippen molar-refractivity contribution >= 4 is 15.7 Å². The Morgan fingerprint density at radius 2 is 1.88 bits per heavy atom. The molecule has 17 heavy (non-hydrogen) atoms. The number of nitrogens with two attached hydrogens (primary N) is 1. The average Bonchev–Trinajstić information content (AvgIpc) is 2.24. The molecule has 0 atom stereocenters. The third kappa shape index (κ3) is 2.61. The first kappa shape index (κ1) is 14.0. The van der Waals surface area contributed by atoms with Gasteiger partial charge in [-0.3, -0.25) is 0 Å². The van der Waals surface area contributed by atoms with E-state index in [4.69, 9.17) is 5.73 Å². The summed E-state index contributed by atoms with van der Waals surface area (Å²) >= 11 is 0. The number of sulfonamides is 1. The molecule has 0 spiro atoms. The summed E-state index contributed by atoms with van der Waals surface area (Å²) in [5.74, 6) is 0. The minimum absolute atomic E-state index is 0.341. The Bertz CT molecular complexity index is 509. The lowest BCUT2D eigenvalue weighted by molar-refractivity contribution is 0.467. The van der Waals surface area contributed by atoms with Crippen molar-refractivity contribution in [2.45, 2.75) is 32.1 Å². The van der Waals surface area contributed by atoms with E-state index in [1.54, 1.807) is 33.0 Å². The van der Waals surface area contributed by atoms with Gasteiger partial charge in [0.1, 0.15) is 0 Å². The first-order chi connectivity index (χ1) is 7.82. The fourth-order valence-electron chi connectivity index (χ4n) is 1.83. The molecular weight excluding hydrogens is 236 g/mol. The molecule has 0 amide bonds. The first-order valence-electron chi connectivity index (χ1n) is 5.64. The molecule has 0 radical (unpaired) electrons. The molecule has 0 aromatic heterocycles. The predicted molar refractivity (Wildman–Crippen MR) is 70.4 cm³/mol. The van der Waals surface area contributed by atoms with Crippen LogP contribution in [-0.2, 0) is 10.0 Å². The van der Waals surface area contributed by atoms with Gasteiger partial charge in [0.2, 0.25) is 10.0 Å². The van der Waals surface area contributed by atoms with Crippen LogP contribution in [0, 0.1) is 13.8 Å². The van der Waals surface area contributed by atoms with Crippen LogP contribution in [0.5, 0.6) is 0 Å². The van der Waals surface area contributed by atoms with Gasteiger partial charge in [0.15, 0.2) is 0 Å². The lowest BCUT2D eigenvalue weighted by Crippen LogP contribution is -2.29. The van der Waals surface area contributed by atoms with Gasteiger partial charge in [-0.25, -0.2) is 12.7 Å². The number of anilines is 1. The predicted octanol–water partition coefficient (Wildman–Crippen LogP) is 1.92. The first-order valence-corrected chi connectivity index (χ1v) is 7.08. The van der Waals surface area contributed by atoms with E-state index in [9.17, 15) is 8.42 Å². The smallest absolute Gasteiger partial charge is 0.243 e. The fraction of sp³-hybridized carbons (Fsp3) is 0.500. The fourth-order valence-corrected chi connectivity index (χ4v) is 3.54. The van der Waals surface area contributed by atoms with Gasteiger partial charge in [0, 0.05) is 19.3 Å². The molecule has 4 nitrogen and oxygen atoms in total. The van der Waals surface area contributed by atoms with Gasteiger partial charge in [-0.05, 0) is 37.5 Å². The quantitative estimate of drug-likeness (QED) is 0.837. The van der Waals surface area contributed by atoms with E-state index in [-0.39, 0.29) is 0 Å². The standard InChI is InChI=1S/C12H20N2O2S/c1-5-8-14(4)17(15,16)12-9(2)6-7-11(13)10(12)3/h6-7H,5,8,13H2,1-4H3. The maximum Gasteiger partial charge on any atom is 0.243 e. The Kier molecular flexibility index (Phi) is 4.16. The van der Waals surface area contributed by atoms with Crippen LogP contribution in [0.2, 0.25) is 0 Å². The maximum absolute atomic E-state index is 12.4. The van der Waals surface area contributed by atoms with Gasteiger partial charge >= 0.3 is 0 Å². The number of hydrogen-bond donors (Lipinski definition) is 1. The molecule has 1 aromatic carbocycles. The second-order valence-electron chi connectivity index (χ2n) is 4.25. The van der Waals surface area contributed by atoms with Crippen molar-refractivity contribution in [3.05, 3.63) is 23.3 Å². The summed E-state index contributed by atoms with van der Waals surface area (Å²) in [6.07, 6.45) is 0.788. The summed E-state index contributed by atoms with van der Waals surface area (Å²) in [4.78, 5) is 0.341. The zero-order valence-corrected chi connectivity index (χ0v) is 11.6. The SMILES string of the molecule is CCCN(C)S(=O)(=O)c1c(C)ccc(N)c1C. The van der Waals surface area contributed by atoms with Crippen molar-refractivity contribution in [1.82, 2.24) is 4.31 Å². The van der Waals surface area contributed by atoms with Gasteiger partial charge in [-0.15, -0.1) is 0 Å². The monoisotopic (exact) mass is 256 g/mol. The van der Waals surface area contributed by atoms with E-state index >= 15 is 0 Å². The van der Waals surface area contributed by atoms with Crippen LogP contribution in [0.3, 0.4) is 0 Å². The average molecular weight is 256 g/mol. The number of benzene rings is 1. The van der Waals surface area contributed by atoms with Crippen LogP contribution in [0.1, 0.15) is 24.5 Å². The largest absolute Gasteiger partial charge is 0.398 e. The minimum atomic E-state index is -3.43. The number of aryl methyl sites for hydroxylation is 1. The molecule has 1 aromatic rings. The molecule has 1 rings (SSSR count). The molecule has 0 unspecified atom stereocenters. The van der Waals surface area contributed by atoms with Crippen LogP contribution < -0.4 is 5.73 Å². The van der Waals surface area contributed by atoms with Crippen LogP contribution >= 0.6 is 0 Å². The van der Waals surface area contributed by atoms with Crippen molar-refractivity contribution in [3.63, 3.8) is 0 Å². The molecule has 0 fully saturated rings. The van der Waals surface area contributed by atoms with Crippen LogP contribution in [0.25, 0.3) is 0 Å². The molecule has 0 bridgehead atoms. The lowest BCUT2D eigenvalue weighted by atomic mass is 10.1. The van der Waals surface area contributed by atoms with Crippen LogP contribution in [0.15, 0.2) is 17.0 Å². The summed E-state index contributed by atoms with van der Waals surface area (Å²) in [6, 6.07) is 3.48. The van der Waals surface area contributed by atoms with Gasteiger partial charge in [-0.1, -0.05) is 13.0 Å². The highest BCUT2D eigenvalue weighted by Gasteiger charge is 2.24. The zero-order valence-electron chi connectivity index (χ0n) is 10.8. The topological polar surface area (TPSA) is 63.4 Å². The van der Waals surface area contributed by atoms with E-state index in [2.05, 4.69) is 0 Å². The molecule has 0 aliphatic carbocycles. The van der Waals surface area contributed by atoms with Gasteiger partial charge in [0.25, 0.3) is 0 Å². The zero-order chi connectivity index (χ0) is 13.2. The Labute approximate surface area is 103 Å². The van der Waals surface area contributed by atoms with Crippen molar-refractivity contribution < 1.29 is 8.42 Å². The number of nitrogens with zero attached hydrogens (tertiary/aromatic N) is 1. The summed E-state index contributed by atoms with van der Waals surface area (Å²) in [5, 5.41) is 0. The molecule has 0 saturated heterocycles. The highest BCUT2D eigenvalue weighted by Crippen LogP contribution is 2.26. The van der Waals surface area contributed by atoms with Crippen molar-refractivity contribution in [2.24, 2.45) is 0 Å². The van der Waals surface area contributed by atoms with Crippen LogP contribution in [-0.4, -0.2) is 26.3 Å². The number of rotatable bonds is 4. The molecular formula is C12H20N2O2S. The highest BCUT2D eigenvalue weighted by atomic mass is 32.2. The second kappa shape index (κ2) is 5.06. The molecule has 2 N–H and O–H groups in total. The summed E-state index contributed by atoms with van der Waals surface area (Å²) < 4.78 is 26.1. The molecule has 0 aliphatic rings. The third-order valence-corrected chi connectivity index (χ3v) is 5.00. The Balaban J connectivity index is 3.38. The Morgan fingerprint density at radius 3 is 2.41 bits per heavy atom. The molecule has 96 valence electrons. The van der Waals surface area contributed by atoms with E-state index in [1.807, 2.05) is 6.92 Å². The van der Waals surface area contributed by atoms with E-state index in [1.165, 1.54) is 4.31 Å². The normalized spacial score (nSPS) is 12.1. The van der Waals surface area contributed by atoms with E-state index in [0.29, 0.717) is 22.7 Å². The lowest BCUT2D eigenvalue weighted by Gasteiger charge is -2.20. The summed E-state index contributed by atoms with van der Waals surface area (Å²) in [6.45, 7) is 6.00. The highest BCUT2D eigenvalue weighted by molar-refractivity contribution is 7.89. The van der Waals surface area contributed by atoms with E-state index < -0.39 is 10.0 Å².